The molecule has 1 aliphatic carbocycles. The summed E-state index contributed by atoms with van der Waals surface area (Å²) in [5.74, 6) is 2.20. The van der Waals surface area contributed by atoms with Gasteiger partial charge in [-0.1, -0.05) is 61.4 Å². The predicted molar refractivity (Wildman–Crippen MR) is 122 cm³/mol. The number of aromatic nitrogens is 3. The summed E-state index contributed by atoms with van der Waals surface area (Å²) >= 11 is 1.45. The first-order valence-corrected chi connectivity index (χ1v) is 11.4. The van der Waals surface area contributed by atoms with Gasteiger partial charge in [0.05, 0.1) is 11.4 Å². The van der Waals surface area contributed by atoms with Gasteiger partial charge in [-0.2, -0.15) is 0 Å². The Morgan fingerprint density at radius 2 is 1.77 bits per heavy atom. The molecule has 3 aromatic rings. The molecule has 0 atom stereocenters. The molecule has 2 aromatic carbocycles. The highest BCUT2D eigenvalue weighted by Gasteiger charge is 2.16. The van der Waals surface area contributed by atoms with Crippen molar-refractivity contribution in [2.24, 2.45) is 10.7 Å². The summed E-state index contributed by atoms with van der Waals surface area (Å²) in [5, 5.41) is 18.6. The summed E-state index contributed by atoms with van der Waals surface area (Å²) in [6.07, 6.45) is 6.62. The van der Waals surface area contributed by atoms with Crippen LogP contribution in [0.4, 0.5) is 5.69 Å². The molecule has 1 saturated carbocycles. The second kappa shape index (κ2) is 9.91. The third kappa shape index (κ3) is 4.91. The van der Waals surface area contributed by atoms with Crippen LogP contribution in [-0.4, -0.2) is 31.5 Å². The lowest BCUT2D eigenvalue weighted by molar-refractivity contribution is 0.268. The number of nitrogens with zero attached hydrogens (tertiary/aromatic N) is 4. The van der Waals surface area contributed by atoms with E-state index in [1.54, 1.807) is 0 Å². The highest BCUT2D eigenvalue weighted by molar-refractivity contribution is 7.99. The van der Waals surface area contributed by atoms with Gasteiger partial charge in [0.15, 0.2) is 11.0 Å². The molecule has 0 radical (unpaired) electrons. The van der Waals surface area contributed by atoms with Crippen LogP contribution in [0, 0.1) is 0 Å². The minimum absolute atomic E-state index is 0.181. The van der Waals surface area contributed by atoms with Gasteiger partial charge >= 0.3 is 0 Å². The number of nitrogens with two attached hydrogens (primary N) is 1. The molecule has 0 saturated heterocycles. The molecule has 0 amide bonds. The van der Waals surface area contributed by atoms with Crippen molar-refractivity contribution in [3.05, 3.63) is 66.0 Å². The van der Waals surface area contributed by atoms with Crippen LogP contribution in [0.1, 0.15) is 49.4 Å². The van der Waals surface area contributed by atoms with Gasteiger partial charge in [-0.15, -0.1) is 10.2 Å². The molecular formula is C23H27N5OS. The number of aliphatic imine (C=N–C) groups is 1. The minimum Gasteiger partial charge on any atom is -0.388 e. The molecule has 3 N–H and O–H groups in total. The summed E-state index contributed by atoms with van der Waals surface area (Å²) in [6.45, 7) is -0.181. The number of benzene rings is 2. The van der Waals surface area contributed by atoms with Gasteiger partial charge in [-0.3, -0.25) is 4.57 Å². The molecule has 1 aliphatic rings. The maximum atomic E-state index is 9.60. The van der Waals surface area contributed by atoms with Crippen molar-refractivity contribution in [1.29, 1.82) is 0 Å². The van der Waals surface area contributed by atoms with Crippen LogP contribution in [0.25, 0.3) is 5.69 Å². The van der Waals surface area contributed by atoms with Gasteiger partial charge in [0.25, 0.3) is 0 Å². The quantitative estimate of drug-likeness (QED) is 0.331. The molecule has 4 rings (SSSR count). The van der Waals surface area contributed by atoms with Crippen molar-refractivity contribution in [2.45, 2.75) is 49.8 Å². The molecule has 6 nitrogen and oxygen atoms in total. The maximum Gasteiger partial charge on any atom is 0.196 e. The number of hydrogen-bond acceptors (Lipinski definition) is 5. The fourth-order valence-corrected chi connectivity index (χ4v) is 4.71. The normalized spacial score (nSPS) is 15.4. The first kappa shape index (κ1) is 20.6. The summed E-state index contributed by atoms with van der Waals surface area (Å²) in [4.78, 5) is 4.56. The second-order valence-electron chi connectivity index (χ2n) is 7.55. The Morgan fingerprint density at radius 1 is 1.03 bits per heavy atom. The standard InChI is InChI=1S/C23H27N5OS/c24-21(25-19-13-11-18(12-14-19)17-7-3-1-4-8-17)16-30-23-27-26-22(15-29)28(23)20-9-5-2-6-10-20/h2,5-6,9-14,17,29H,1,3-4,7-8,15-16H2,(H2,24,25). The van der Waals surface area contributed by atoms with Crippen LogP contribution in [0.15, 0.2) is 64.7 Å². The number of aliphatic hydroxyl groups is 1. The smallest absolute Gasteiger partial charge is 0.196 e. The van der Waals surface area contributed by atoms with E-state index in [0.717, 1.165) is 11.4 Å². The van der Waals surface area contributed by atoms with E-state index in [9.17, 15) is 5.11 Å². The van der Waals surface area contributed by atoms with E-state index in [0.29, 0.717) is 28.5 Å². The molecule has 0 spiro atoms. The first-order chi connectivity index (χ1) is 14.7. The summed E-state index contributed by atoms with van der Waals surface area (Å²) in [5.41, 5.74) is 9.37. The van der Waals surface area contributed by atoms with E-state index < -0.39 is 0 Å². The number of hydrogen-bond donors (Lipinski definition) is 2. The number of amidine groups is 1. The van der Waals surface area contributed by atoms with Crippen molar-refractivity contribution in [3.8, 4) is 5.69 Å². The van der Waals surface area contributed by atoms with Crippen molar-refractivity contribution >= 4 is 23.3 Å². The third-order valence-corrected chi connectivity index (χ3v) is 6.41. The van der Waals surface area contributed by atoms with Gasteiger partial charge in [0.1, 0.15) is 12.4 Å². The fourth-order valence-electron chi connectivity index (χ4n) is 3.93. The lowest BCUT2D eigenvalue weighted by Crippen LogP contribution is -2.14. The Kier molecular flexibility index (Phi) is 6.81. The SMILES string of the molecule is NC(CSc1nnc(CO)n1-c1ccccc1)=Nc1ccc(C2CCCCC2)cc1. The Hall–Kier alpha value is -2.64. The third-order valence-electron chi connectivity index (χ3n) is 5.45. The van der Waals surface area contributed by atoms with Crippen molar-refractivity contribution in [1.82, 2.24) is 14.8 Å². The second-order valence-corrected chi connectivity index (χ2v) is 8.49. The largest absolute Gasteiger partial charge is 0.388 e. The Morgan fingerprint density at radius 3 is 2.47 bits per heavy atom. The molecule has 1 fully saturated rings. The highest BCUT2D eigenvalue weighted by Crippen LogP contribution is 2.33. The number of para-hydroxylation sites is 1. The van der Waals surface area contributed by atoms with Gasteiger partial charge in [0.2, 0.25) is 0 Å². The van der Waals surface area contributed by atoms with Crippen molar-refractivity contribution in [2.75, 3.05) is 5.75 Å². The average molecular weight is 422 g/mol. The van der Waals surface area contributed by atoms with Crippen LogP contribution in [-0.2, 0) is 6.61 Å². The van der Waals surface area contributed by atoms with Gasteiger partial charge in [-0.05, 0) is 48.6 Å². The fraction of sp³-hybridized carbons (Fsp3) is 0.348. The molecule has 7 heteroatoms. The lowest BCUT2D eigenvalue weighted by Gasteiger charge is -2.21. The highest BCUT2D eigenvalue weighted by atomic mass is 32.2. The monoisotopic (exact) mass is 421 g/mol. The van der Waals surface area contributed by atoms with E-state index in [-0.39, 0.29) is 6.61 Å². The zero-order valence-electron chi connectivity index (χ0n) is 16.9. The minimum atomic E-state index is -0.181. The lowest BCUT2D eigenvalue weighted by atomic mass is 9.84. The van der Waals surface area contributed by atoms with Gasteiger partial charge in [0, 0.05) is 5.69 Å². The predicted octanol–water partition coefficient (Wildman–Crippen LogP) is 4.59. The number of rotatable bonds is 7. The van der Waals surface area contributed by atoms with Crippen LogP contribution >= 0.6 is 11.8 Å². The zero-order valence-corrected chi connectivity index (χ0v) is 17.8. The molecule has 0 aliphatic heterocycles. The zero-order chi connectivity index (χ0) is 20.8. The molecular weight excluding hydrogens is 394 g/mol. The number of thioether (sulfide) groups is 1. The topological polar surface area (TPSA) is 89.3 Å². The Balaban J connectivity index is 1.43. The van der Waals surface area contributed by atoms with Crippen LogP contribution in [0.5, 0.6) is 0 Å². The number of aliphatic hydroxyl groups excluding tert-OH is 1. The van der Waals surface area contributed by atoms with Crippen molar-refractivity contribution < 1.29 is 5.11 Å². The molecule has 0 bridgehead atoms. The molecule has 0 unspecified atom stereocenters. The van der Waals surface area contributed by atoms with E-state index >= 15 is 0 Å². The summed E-state index contributed by atoms with van der Waals surface area (Å²) in [7, 11) is 0. The molecule has 1 aromatic heterocycles. The van der Waals surface area contributed by atoms with Crippen LogP contribution in [0.3, 0.4) is 0 Å². The molecule has 1 heterocycles. The van der Waals surface area contributed by atoms with Crippen molar-refractivity contribution in [3.63, 3.8) is 0 Å². The maximum absolute atomic E-state index is 9.60. The molecule has 156 valence electrons. The van der Waals surface area contributed by atoms with Crippen LogP contribution < -0.4 is 5.73 Å². The van der Waals surface area contributed by atoms with E-state index in [1.165, 1.54) is 49.4 Å². The summed E-state index contributed by atoms with van der Waals surface area (Å²) < 4.78 is 1.84. The van der Waals surface area contributed by atoms with E-state index in [1.807, 2.05) is 34.9 Å². The summed E-state index contributed by atoms with van der Waals surface area (Å²) in [6, 6.07) is 18.2. The Labute approximate surface area is 181 Å². The molecule has 30 heavy (non-hydrogen) atoms. The van der Waals surface area contributed by atoms with Gasteiger partial charge < -0.3 is 10.8 Å². The van der Waals surface area contributed by atoms with E-state index in [4.69, 9.17) is 5.73 Å². The Bertz CT molecular complexity index is 979. The average Bonchev–Trinajstić information content (AvgIpc) is 3.22. The first-order valence-electron chi connectivity index (χ1n) is 10.4. The van der Waals surface area contributed by atoms with E-state index in [2.05, 4.69) is 39.5 Å². The van der Waals surface area contributed by atoms with Gasteiger partial charge in [-0.25, -0.2) is 4.99 Å². The van der Waals surface area contributed by atoms with Crippen LogP contribution in [0.2, 0.25) is 0 Å².